The van der Waals surface area contributed by atoms with Crippen molar-refractivity contribution < 1.29 is 0 Å². The highest BCUT2D eigenvalue weighted by molar-refractivity contribution is 6.22. The predicted octanol–water partition coefficient (Wildman–Crippen LogP) is 15.8. The maximum atomic E-state index is 2.42. The van der Waals surface area contributed by atoms with E-state index in [1.54, 1.807) is 0 Å². The Bertz CT molecular complexity index is 2890. The van der Waals surface area contributed by atoms with Crippen molar-refractivity contribution >= 4 is 38.6 Å². The van der Waals surface area contributed by atoms with Gasteiger partial charge in [-0.3, -0.25) is 0 Å². The van der Waals surface area contributed by atoms with Crippen molar-refractivity contribution in [3.8, 4) is 55.6 Å². The van der Waals surface area contributed by atoms with Gasteiger partial charge in [-0.05, 0) is 96.4 Å². The average molecular weight is 726 g/mol. The molecule has 10 rings (SSSR count). The minimum absolute atomic E-state index is 1.09. The molecule has 0 N–H and O–H groups in total. The van der Waals surface area contributed by atoms with E-state index in [4.69, 9.17) is 0 Å². The van der Waals surface area contributed by atoms with E-state index in [1.807, 2.05) is 0 Å². The van der Waals surface area contributed by atoms with Crippen molar-refractivity contribution in [1.29, 1.82) is 0 Å². The molecule has 0 saturated heterocycles. The molecule has 0 saturated carbocycles. The van der Waals surface area contributed by atoms with Crippen LogP contribution >= 0.6 is 0 Å². The second kappa shape index (κ2) is 15.0. The van der Waals surface area contributed by atoms with E-state index in [1.165, 1.54) is 77.2 Å². The van der Waals surface area contributed by atoms with E-state index in [9.17, 15) is 0 Å². The van der Waals surface area contributed by atoms with Crippen LogP contribution in [0.15, 0.2) is 237 Å². The molecule has 1 nitrogen and oxygen atoms in total. The first-order valence-electron chi connectivity index (χ1n) is 19.6. The van der Waals surface area contributed by atoms with Crippen LogP contribution < -0.4 is 4.90 Å². The third kappa shape index (κ3) is 6.36. The fraction of sp³-hybridized carbons (Fsp3) is 0. The zero-order valence-electron chi connectivity index (χ0n) is 31.5. The fourth-order valence-corrected chi connectivity index (χ4v) is 8.45. The second-order valence-corrected chi connectivity index (χ2v) is 14.4. The molecule has 0 aliphatic rings. The van der Waals surface area contributed by atoms with Gasteiger partial charge in [0.2, 0.25) is 0 Å². The van der Waals surface area contributed by atoms with Gasteiger partial charge in [-0.25, -0.2) is 0 Å². The minimum atomic E-state index is 1.09. The van der Waals surface area contributed by atoms with Gasteiger partial charge in [0.1, 0.15) is 0 Å². The number of hydrogen-bond donors (Lipinski definition) is 0. The Kier molecular flexibility index (Phi) is 8.95. The maximum absolute atomic E-state index is 2.42. The highest BCUT2D eigenvalue weighted by Gasteiger charge is 2.21. The molecule has 0 fully saturated rings. The molecular weight excluding hydrogens is 687 g/mol. The lowest BCUT2D eigenvalue weighted by molar-refractivity contribution is 1.28. The molecule has 0 bridgehead atoms. The standard InChI is InChI=1S/C56H39N/c1-5-19-41(20-6-1)47-27-15-17-31-53(47)57(54-32-18-16-28-48(54)42-21-7-2-8-22-42)46-36-33-40(34-37-46)45-35-38-51-52(39-45)49-29-13-14-30-50(49)55(43-23-9-3-10-24-43)56(51)44-25-11-4-12-26-44/h1-39H. The molecule has 0 spiro atoms. The first-order valence-corrected chi connectivity index (χ1v) is 19.6. The van der Waals surface area contributed by atoms with Gasteiger partial charge in [0.05, 0.1) is 11.4 Å². The highest BCUT2D eigenvalue weighted by Crippen LogP contribution is 2.47. The molecule has 268 valence electrons. The molecule has 0 aliphatic carbocycles. The summed E-state index contributed by atoms with van der Waals surface area (Å²) in [5.41, 5.74) is 15.4. The first kappa shape index (κ1) is 34.0. The smallest absolute Gasteiger partial charge is 0.0540 e. The summed E-state index contributed by atoms with van der Waals surface area (Å²) < 4.78 is 0. The van der Waals surface area contributed by atoms with Gasteiger partial charge < -0.3 is 4.90 Å². The lowest BCUT2D eigenvalue weighted by atomic mass is 9.84. The second-order valence-electron chi connectivity index (χ2n) is 14.4. The van der Waals surface area contributed by atoms with Crippen molar-refractivity contribution in [3.63, 3.8) is 0 Å². The number of rotatable bonds is 8. The summed E-state index contributed by atoms with van der Waals surface area (Å²) in [4.78, 5) is 2.42. The molecular formula is C56H39N. The van der Waals surface area contributed by atoms with Gasteiger partial charge in [-0.15, -0.1) is 0 Å². The summed E-state index contributed by atoms with van der Waals surface area (Å²) in [7, 11) is 0. The van der Waals surface area contributed by atoms with Crippen LogP contribution in [0.1, 0.15) is 0 Å². The Morgan fingerprint density at radius 3 is 1.12 bits per heavy atom. The summed E-state index contributed by atoms with van der Waals surface area (Å²) >= 11 is 0. The van der Waals surface area contributed by atoms with Gasteiger partial charge >= 0.3 is 0 Å². The van der Waals surface area contributed by atoms with Crippen LogP contribution in [0.3, 0.4) is 0 Å². The number of fused-ring (bicyclic) bond motifs is 3. The third-order valence-electron chi connectivity index (χ3n) is 11.1. The van der Waals surface area contributed by atoms with E-state index >= 15 is 0 Å². The van der Waals surface area contributed by atoms with Gasteiger partial charge in [-0.1, -0.05) is 206 Å². The molecule has 0 amide bonds. The van der Waals surface area contributed by atoms with E-state index < -0.39 is 0 Å². The van der Waals surface area contributed by atoms with Crippen LogP contribution in [0.2, 0.25) is 0 Å². The molecule has 0 aromatic heterocycles. The van der Waals surface area contributed by atoms with Gasteiger partial charge in [0, 0.05) is 16.8 Å². The molecule has 0 atom stereocenters. The number of para-hydroxylation sites is 2. The Hall–Kier alpha value is -7.48. The van der Waals surface area contributed by atoms with Crippen molar-refractivity contribution in [3.05, 3.63) is 237 Å². The molecule has 0 unspecified atom stereocenters. The fourth-order valence-electron chi connectivity index (χ4n) is 8.45. The quantitative estimate of drug-likeness (QED) is 0.141. The molecule has 0 heterocycles. The molecule has 57 heavy (non-hydrogen) atoms. The van der Waals surface area contributed by atoms with Crippen molar-refractivity contribution in [2.45, 2.75) is 0 Å². The monoisotopic (exact) mass is 725 g/mol. The van der Waals surface area contributed by atoms with Gasteiger partial charge in [-0.2, -0.15) is 0 Å². The Balaban J connectivity index is 1.14. The molecule has 0 radical (unpaired) electrons. The molecule has 1 heteroatoms. The average Bonchev–Trinajstić information content (AvgIpc) is 3.30. The zero-order valence-corrected chi connectivity index (χ0v) is 31.5. The van der Waals surface area contributed by atoms with E-state index in [0.29, 0.717) is 0 Å². The van der Waals surface area contributed by atoms with E-state index in [0.717, 1.165) is 17.1 Å². The molecule has 10 aromatic rings. The largest absolute Gasteiger partial charge is 0.309 e. The van der Waals surface area contributed by atoms with Crippen molar-refractivity contribution in [2.75, 3.05) is 4.90 Å². The predicted molar refractivity (Wildman–Crippen MR) is 243 cm³/mol. The van der Waals surface area contributed by atoms with Gasteiger partial charge in [0.25, 0.3) is 0 Å². The number of hydrogen-bond acceptors (Lipinski definition) is 1. The Labute approximate surface area is 334 Å². The normalized spacial score (nSPS) is 11.2. The van der Waals surface area contributed by atoms with Gasteiger partial charge in [0.15, 0.2) is 0 Å². The Morgan fingerprint density at radius 1 is 0.228 bits per heavy atom. The van der Waals surface area contributed by atoms with Crippen molar-refractivity contribution in [2.24, 2.45) is 0 Å². The van der Waals surface area contributed by atoms with Crippen molar-refractivity contribution in [1.82, 2.24) is 0 Å². The lowest BCUT2D eigenvalue weighted by Gasteiger charge is -2.30. The van der Waals surface area contributed by atoms with E-state index in [-0.39, 0.29) is 0 Å². The zero-order chi connectivity index (χ0) is 38.0. The lowest BCUT2D eigenvalue weighted by Crippen LogP contribution is -2.12. The van der Waals surface area contributed by atoms with Crippen LogP contribution in [-0.2, 0) is 0 Å². The summed E-state index contributed by atoms with van der Waals surface area (Å²) in [6, 6.07) is 85.5. The van der Waals surface area contributed by atoms with Crippen LogP contribution in [0, 0.1) is 0 Å². The molecule has 0 aliphatic heterocycles. The topological polar surface area (TPSA) is 3.24 Å². The summed E-state index contributed by atoms with van der Waals surface area (Å²) in [6.07, 6.45) is 0. The SMILES string of the molecule is c1ccc(-c2ccccc2N(c2ccc(-c3ccc4c(-c5ccccc5)c(-c5ccccc5)c5ccccc5c4c3)cc2)c2ccccc2-c2ccccc2)cc1. The van der Waals surface area contributed by atoms with Crippen LogP contribution in [0.25, 0.3) is 77.2 Å². The summed E-state index contributed by atoms with van der Waals surface area (Å²) in [5, 5.41) is 5.01. The first-order chi connectivity index (χ1) is 28.3. The summed E-state index contributed by atoms with van der Waals surface area (Å²) in [5.74, 6) is 0. The van der Waals surface area contributed by atoms with Crippen LogP contribution in [0.4, 0.5) is 17.1 Å². The third-order valence-corrected chi connectivity index (χ3v) is 11.1. The Morgan fingerprint density at radius 2 is 0.614 bits per heavy atom. The minimum Gasteiger partial charge on any atom is -0.309 e. The van der Waals surface area contributed by atoms with E-state index in [2.05, 4.69) is 241 Å². The molecule has 10 aromatic carbocycles. The number of nitrogens with zero attached hydrogens (tertiary/aromatic N) is 1. The number of anilines is 3. The van der Waals surface area contributed by atoms with Crippen LogP contribution in [-0.4, -0.2) is 0 Å². The number of benzene rings is 10. The highest BCUT2D eigenvalue weighted by atomic mass is 15.1. The van der Waals surface area contributed by atoms with Crippen LogP contribution in [0.5, 0.6) is 0 Å². The summed E-state index contributed by atoms with van der Waals surface area (Å²) in [6.45, 7) is 0. The maximum Gasteiger partial charge on any atom is 0.0540 e.